The highest BCUT2D eigenvalue weighted by Crippen LogP contribution is 2.44. The average Bonchev–Trinajstić information content (AvgIpc) is 1.76. The third-order valence-corrected chi connectivity index (χ3v) is 22.3. The summed E-state index contributed by atoms with van der Waals surface area (Å²) in [7, 11) is -4.05. The number of nitrogens with two attached hydrogens (primary N) is 3. The monoisotopic (exact) mass is 1470 g/mol. The van der Waals surface area contributed by atoms with Gasteiger partial charge in [0.15, 0.2) is 0 Å². The van der Waals surface area contributed by atoms with E-state index in [1.165, 1.54) is 28.8 Å². The number of benzene rings is 5. The summed E-state index contributed by atoms with van der Waals surface area (Å²) in [4.78, 5) is 136. The van der Waals surface area contributed by atoms with Gasteiger partial charge in [-0.25, -0.2) is 13.1 Å². The molecular formula is C75H101N13O12S3. The number of likely N-dealkylation sites (tertiary alicyclic amines) is 1. The van der Waals surface area contributed by atoms with Crippen molar-refractivity contribution in [3.05, 3.63) is 167 Å². The number of hydrogen-bond acceptors (Lipinski definition) is 16. The third-order valence-electron chi connectivity index (χ3n) is 18.1. The van der Waals surface area contributed by atoms with E-state index in [1.54, 1.807) is 80.2 Å². The fourth-order valence-electron chi connectivity index (χ4n) is 12.3. The van der Waals surface area contributed by atoms with Crippen LogP contribution in [0.4, 0.5) is 0 Å². The highest BCUT2D eigenvalue weighted by molar-refractivity contribution is 8.00. The number of nitrogens with one attached hydrogen (secondary N) is 8. The second kappa shape index (κ2) is 41.3. The van der Waals surface area contributed by atoms with Gasteiger partial charge in [-0.1, -0.05) is 160 Å². The van der Waals surface area contributed by atoms with Crippen molar-refractivity contribution in [2.75, 3.05) is 38.5 Å². The predicted octanol–water partition coefficient (Wildman–Crippen LogP) is 5.11. The Bertz CT molecular complexity index is 3740. The van der Waals surface area contributed by atoms with E-state index >= 15 is 14.4 Å². The Kier molecular flexibility index (Phi) is 32.6. The van der Waals surface area contributed by atoms with E-state index < -0.39 is 112 Å². The Hall–Kier alpha value is -8.99. The fourth-order valence-corrected chi connectivity index (χ4v) is 15.8. The van der Waals surface area contributed by atoms with Crippen molar-refractivity contribution in [1.29, 1.82) is 0 Å². The van der Waals surface area contributed by atoms with Crippen molar-refractivity contribution in [2.45, 2.75) is 181 Å². The molecule has 5 aromatic carbocycles. The number of primary amides is 1. The van der Waals surface area contributed by atoms with E-state index in [1.807, 2.05) is 74.5 Å². The van der Waals surface area contributed by atoms with Crippen LogP contribution in [0.1, 0.15) is 126 Å². The van der Waals surface area contributed by atoms with Crippen molar-refractivity contribution >= 4 is 92.7 Å². The molecule has 8 atom stereocenters. The molecule has 0 aromatic heterocycles. The quantitative estimate of drug-likeness (QED) is 0.0138. The topological polar surface area (TPSA) is 387 Å². The molecule has 28 heteroatoms. The van der Waals surface area contributed by atoms with E-state index in [0.29, 0.717) is 47.8 Å². The zero-order valence-electron chi connectivity index (χ0n) is 59.2. The Morgan fingerprint density at radius 3 is 1.83 bits per heavy atom. The second-order valence-electron chi connectivity index (χ2n) is 26.2. The van der Waals surface area contributed by atoms with Crippen molar-refractivity contribution in [3.63, 3.8) is 0 Å². The molecule has 5 aromatic rings. The Morgan fingerprint density at radius 1 is 0.641 bits per heavy atom. The lowest BCUT2D eigenvalue weighted by Crippen LogP contribution is -2.62. The molecule has 7 rings (SSSR count). The van der Waals surface area contributed by atoms with Crippen LogP contribution in [0.15, 0.2) is 149 Å². The highest BCUT2D eigenvalue weighted by atomic mass is 32.2. The number of carbonyl (C=O) groups is 9. The van der Waals surface area contributed by atoms with Crippen LogP contribution in [0.3, 0.4) is 0 Å². The third kappa shape index (κ3) is 26.3. The smallest absolute Gasteiger partial charge is 0.264 e. The van der Waals surface area contributed by atoms with E-state index in [9.17, 15) is 37.2 Å². The number of carbonyl (C=O) groups excluding carboxylic acids is 9. The number of thioether (sulfide) groups is 2. The summed E-state index contributed by atoms with van der Waals surface area (Å²) in [5, 5.41) is 19.7. The van der Waals surface area contributed by atoms with Gasteiger partial charge < -0.3 is 64.1 Å². The summed E-state index contributed by atoms with van der Waals surface area (Å²) >= 11 is 3.07. The minimum absolute atomic E-state index is 0.0164. The van der Waals surface area contributed by atoms with Gasteiger partial charge in [-0.3, -0.25) is 48.1 Å². The lowest BCUT2D eigenvalue weighted by Gasteiger charge is -2.37. The van der Waals surface area contributed by atoms with Crippen LogP contribution < -0.4 is 63.9 Å². The van der Waals surface area contributed by atoms with Gasteiger partial charge in [0, 0.05) is 67.4 Å². The highest BCUT2D eigenvalue weighted by Gasteiger charge is 2.42. The molecule has 1 saturated heterocycles. The van der Waals surface area contributed by atoms with Gasteiger partial charge in [-0.05, 0) is 105 Å². The molecule has 1 aliphatic carbocycles. The Balaban J connectivity index is 1.08. The number of nitrogens with zero attached hydrogens (tertiary/aromatic N) is 2. The van der Waals surface area contributed by atoms with Crippen molar-refractivity contribution in [2.24, 2.45) is 28.1 Å². The Labute approximate surface area is 613 Å². The van der Waals surface area contributed by atoms with Crippen LogP contribution >= 0.6 is 23.5 Å². The van der Waals surface area contributed by atoms with Crippen molar-refractivity contribution in [1.82, 2.24) is 46.8 Å². The molecule has 103 heavy (non-hydrogen) atoms. The first-order chi connectivity index (χ1) is 49.5. The predicted molar refractivity (Wildman–Crippen MR) is 401 cm³/mol. The standard InChI is InChI=1S/C75H101N13O12S3/c1-5-51(4)66(86-70(94)60(43-52-21-11-7-12-22-52)83-68(92)59(44-53-31-33-56(34-32-53)100-6-2)81-65(90)46-75(37-17-10-18-38-75)102-48-55-25-15-9-16-26-55)72(96)84-61(45-64(77)89)69(93)85-62(49-101-47-54-23-13-8-14-24-54)73(97)88-42-20-28-63(88)71(95)82-58(67(91)79-41-39-76)27-19-40-80-74(78)87-103(98,99)57-35-29-50(3)30-36-57/h7-9,11-16,21-26,29-36,51,58-63,66H,5-6,10,17-20,27-28,37-49,76H2,1-4H3,(H2,77,89)(H,79,91)(H,81,90)(H,82,95)(H,83,92)(H,84,96)(H,85,93)(H,86,94)(H3,78,80,87)/t51?,58-,59+,60-,61-,62-,63-,66-/m0/s1. The number of aliphatic imine (C=N–C) groups is 1. The lowest BCUT2D eigenvalue weighted by atomic mass is 9.85. The summed E-state index contributed by atoms with van der Waals surface area (Å²) in [6, 6.07) is 32.5. The zero-order valence-corrected chi connectivity index (χ0v) is 61.7. The largest absolute Gasteiger partial charge is 0.494 e. The molecule has 556 valence electrons. The molecule has 0 radical (unpaired) electrons. The lowest BCUT2D eigenvalue weighted by molar-refractivity contribution is -0.142. The van der Waals surface area contributed by atoms with Gasteiger partial charge in [-0.2, -0.15) is 11.8 Å². The summed E-state index contributed by atoms with van der Waals surface area (Å²) in [6.45, 7) is 7.86. The summed E-state index contributed by atoms with van der Waals surface area (Å²) in [5.74, 6) is -5.77. The van der Waals surface area contributed by atoms with Gasteiger partial charge in [0.25, 0.3) is 10.0 Å². The van der Waals surface area contributed by atoms with Gasteiger partial charge in [0.2, 0.25) is 59.1 Å². The maximum absolute atomic E-state index is 15.0. The molecule has 25 nitrogen and oxygen atoms in total. The van der Waals surface area contributed by atoms with Crippen molar-refractivity contribution in [3.8, 4) is 5.75 Å². The van der Waals surface area contributed by atoms with Crippen LogP contribution in [0.2, 0.25) is 0 Å². The van der Waals surface area contributed by atoms with Crippen molar-refractivity contribution < 1.29 is 56.3 Å². The molecule has 0 bridgehead atoms. The number of sulfonamides is 1. The molecule has 2 aliphatic rings. The number of amides is 9. The molecule has 1 aliphatic heterocycles. The number of aryl methyl sites for hydroxylation is 1. The molecule has 9 amide bonds. The van der Waals surface area contributed by atoms with E-state index in [-0.39, 0.29) is 92.0 Å². The van der Waals surface area contributed by atoms with E-state index in [4.69, 9.17) is 21.9 Å². The molecule has 2 fully saturated rings. The first-order valence-electron chi connectivity index (χ1n) is 35.3. The molecular weight excluding hydrogens is 1370 g/mol. The number of ether oxygens (including phenoxy) is 1. The van der Waals surface area contributed by atoms with Crippen LogP contribution in [0, 0.1) is 12.8 Å². The summed E-state index contributed by atoms with van der Waals surface area (Å²) < 4.78 is 33.4. The SMILES string of the molecule is CCOc1ccc(C[C@@H](NC(=O)CC2(SCc3ccccc3)CCCCC2)C(=O)N[C@@H](Cc2ccccc2)C(=O)N[C@H](C(=O)N[C@@H](CC(N)=O)C(=O)N[C@@H](CSCc2ccccc2)C(=O)N2CCC[C@H]2C(=O)N[C@@H](CCCN=C(N)NS(=O)(=O)c2ccc(C)cc2)C(=O)NCCN)C(C)CC)cc1. The maximum atomic E-state index is 15.0. The molecule has 0 spiro atoms. The molecule has 1 heterocycles. The van der Waals surface area contributed by atoms with Gasteiger partial charge in [0.1, 0.15) is 48.0 Å². The average molecular weight is 1470 g/mol. The van der Waals surface area contributed by atoms with Crippen LogP contribution in [-0.2, 0) is 77.5 Å². The van der Waals surface area contributed by atoms with E-state index in [2.05, 4.69) is 59.1 Å². The summed E-state index contributed by atoms with van der Waals surface area (Å²) in [5.41, 5.74) is 21.7. The van der Waals surface area contributed by atoms with Crippen LogP contribution in [0.25, 0.3) is 0 Å². The molecule has 14 N–H and O–H groups in total. The normalized spacial score (nSPS) is 16.4. The number of guanidine groups is 1. The van der Waals surface area contributed by atoms with Gasteiger partial charge in [0.05, 0.1) is 17.9 Å². The maximum Gasteiger partial charge on any atom is 0.264 e. The van der Waals surface area contributed by atoms with Crippen LogP contribution in [-0.4, -0.2) is 158 Å². The minimum Gasteiger partial charge on any atom is -0.494 e. The number of hydrogen-bond donors (Lipinski definition) is 11. The Morgan fingerprint density at radius 2 is 1.21 bits per heavy atom. The number of rotatable bonds is 40. The van der Waals surface area contributed by atoms with Gasteiger partial charge >= 0.3 is 0 Å². The minimum atomic E-state index is -4.05. The first kappa shape index (κ1) is 81.3. The second-order valence-corrected chi connectivity index (χ2v) is 30.3. The fraction of sp³-hybridized carbons (Fsp3) is 0.467. The van der Waals surface area contributed by atoms with Crippen LogP contribution in [0.5, 0.6) is 5.75 Å². The molecule has 1 unspecified atom stereocenters. The van der Waals surface area contributed by atoms with E-state index in [0.717, 1.165) is 48.8 Å². The van der Waals surface area contributed by atoms with Gasteiger partial charge in [-0.15, -0.1) is 11.8 Å². The summed E-state index contributed by atoms with van der Waals surface area (Å²) in [6.07, 6.45) is 5.15. The zero-order chi connectivity index (χ0) is 74.3. The molecule has 1 saturated carbocycles. The first-order valence-corrected chi connectivity index (χ1v) is 38.9.